The summed E-state index contributed by atoms with van der Waals surface area (Å²) in [5.74, 6) is 0.187. The van der Waals surface area contributed by atoms with Crippen LogP contribution in [0.15, 0.2) is 59.5 Å². The van der Waals surface area contributed by atoms with Crippen molar-refractivity contribution in [3.8, 4) is 0 Å². The molecular weight excluding hydrogens is 386 g/mol. The Morgan fingerprint density at radius 3 is 2.34 bits per heavy atom. The van der Waals surface area contributed by atoms with Crippen LogP contribution >= 0.6 is 0 Å². The second kappa shape index (κ2) is 9.41. The molecule has 1 aliphatic heterocycles. The number of nitrogens with zero attached hydrogens (tertiary/aromatic N) is 2. The van der Waals surface area contributed by atoms with Gasteiger partial charge in [0.15, 0.2) is 0 Å². The molecule has 156 valence electrons. The summed E-state index contributed by atoms with van der Waals surface area (Å²) in [6.07, 6.45) is 0.953. The molecule has 0 saturated carbocycles. The Bertz CT molecular complexity index is 910. The smallest absolute Gasteiger partial charge is 0.253 e. The van der Waals surface area contributed by atoms with Crippen LogP contribution in [0.2, 0.25) is 0 Å². The van der Waals surface area contributed by atoms with Gasteiger partial charge in [0, 0.05) is 44.0 Å². The first-order chi connectivity index (χ1) is 13.9. The van der Waals surface area contributed by atoms with Gasteiger partial charge in [0.05, 0.1) is 4.90 Å². The molecular formula is C22H29N3O3S. The van der Waals surface area contributed by atoms with Crippen LogP contribution in [-0.4, -0.2) is 51.9 Å². The van der Waals surface area contributed by atoms with Gasteiger partial charge in [0.2, 0.25) is 10.0 Å². The molecule has 0 aliphatic carbocycles. The topological polar surface area (TPSA) is 69.7 Å². The number of carbonyl (C=O) groups is 1. The summed E-state index contributed by atoms with van der Waals surface area (Å²) in [6, 6.07) is 16.4. The van der Waals surface area contributed by atoms with E-state index in [1.807, 2.05) is 32.0 Å². The number of hydrogen-bond donors (Lipinski definition) is 1. The largest absolute Gasteiger partial charge is 0.371 e. The lowest BCUT2D eigenvalue weighted by Gasteiger charge is -2.19. The Labute approximate surface area is 173 Å². The molecule has 1 aliphatic rings. The molecule has 2 aromatic carbocycles. The average Bonchev–Trinajstić information content (AvgIpc) is 3.23. The summed E-state index contributed by atoms with van der Waals surface area (Å²) >= 11 is 0. The highest BCUT2D eigenvalue weighted by atomic mass is 32.2. The number of anilines is 1. The molecule has 1 heterocycles. The lowest BCUT2D eigenvalue weighted by molar-refractivity contribution is 0.0773. The predicted octanol–water partition coefficient (Wildman–Crippen LogP) is 2.97. The predicted molar refractivity (Wildman–Crippen MR) is 116 cm³/mol. The summed E-state index contributed by atoms with van der Waals surface area (Å²) in [7, 11) is -3.60. The maximum Gasteiger partial charge on any atom is 0.253 e. The van der Waals surface area contributed by atoms with E-state index in [1.54, 1.807) is 17.0 Å². The quantitative estimate of drug-likeness (QED) is 0.720. The van der Waals surface area contributed by atoms with Gasteiger partial charge in [-0.3, -0.25) is 4.79 Å². The number of rotatable bonds is 8. The van der Waals surface area contributed by atoms with E-state index in [9.17, 15) is 13.2 Å². The highest BCUT2D eigenvalue weighted by Crippen LogP contribution is 2.23. The maximum atomic E-state index is 12.6. The van der Waals surface area contributed by atoms with Gasteiger partial charge in [-0.15, -0.1) is 0 Å². The zero-order chi connectivity index (χ0) is 20.9. The van der Waals surface area contributed by atoms with Crippen LogP contribution in [0.5, 0.6) is 0 Å². The van der Waals surface area contributed by atoms with Gasteiger partial charge in [-0.1, -0.05) is 18.2 Å². The monoisotopic (exact) mass is 415 g/mol. The van der Waals surface area contributed by atoms with Crippen molar-refractivity contribution in [2.75, 3.05) is 37.6 Å². The van der Waals surface area contributed by atoms with Gasteiger partial charge in [-0.2, -0.15) is 0 Å². The van der Waals surface area contributed by atoms with E-state index in [0.717, 1.165) is 19.5 Å². The van der Waals surface area contributed by atoms with Crippen molar-refractivity contribution >= 4 is 21.6 Å². The molecule has 3 rings (SSSR count). The zero-order valence-electron chi connectivity index (χ0n) is 17.0. The molecule has 1 N–H and O–H groups in total. The van der Waals surface area contributed by atoms with E-state index < -0.39 is 10.0 Å². The second-order valence-corrected chi connectivity index (χ2v) is 9.06. The Kier molecular flexibility index (Phi) is 6.92. The number of benzene rings is 2. The van der Waals surface area contributed by atoms with Crippen molar-refractivity contribution in [3.05, 3.63) is 60.2 Å². The van der Waals surface area contributed by atoms with Crippen molar-refractivity contribution in [1.29, 1.82) is 0 Å². The second-order valence-electron chi connectivity index (χ2n) is 7.29. The van der Waals surface area contributed by atoms with Crippen LogP contribution in [-0.2, 0) is 10.0 Å². The van der Waals surface area contributed by atoms with Gasteiger partial charge >= 0.3 is 0 Å². The highest BCUT2D eigenvalue weighted by molar-refractivity contribution is 7.89. The van der Waals surface area contributed by atoms with Gasteiger partial charge in [0.25, 0.3) is 5.91 Å². The molecule has 0 radical (unpaired) electrons. The van der Waals surface area contributed by atoms with Crippen molar-refractivity contribution in [2.24, 2.45) is 5.92 Å². The van der Waals surface area contributed by atoms with Crippen LogP contribution in [0, 0.1) is 5.92 Å². The van der Waals surface area contributed by atoms with Crippen molar-refractivity contribution in [1.82, 2.24) is 9.62 Å². The van der Waals surface area contributed by atoms with Gasteiger partial charge in [-0.25, -0.2) is 13.1 Å². The van der Waals surface area contributed by atoms with E-state index in [1.165, 1.54) is 17.8 Å². The number of hydrogen-bond acceptors (Lipinski definition) is 4. The van der Waals surface area contributed by atoms with E-state index in [4.69, 9.17) is 0 Å². The maximum absolute atomic E-state index is 12.6. The molecule has 2 aromatic rings. The van der Waals surface area contributed by atoms with Crippen LogP contribution in [0.3, 0.4) is 0 Å². The summed E-state index contributed by atoms with van der Waals surface area (Å²) in [5.41, 5.74) is 1.67. The number of amides is 1. The molecule has 0 spiro atoms. The molecule has 6 nitrogen and oxygen atoms in total. The van der Waals surface area contributed by atoms with Crippen LogP contribution in [0.1, 0.15) is 30.6 Å². The average molecular weight is 416 g/mol. The lowest BCUT2D eigenvalue weighted by Crippen LogP contribution is -2.31. The van der Waals surface area contributed by atoms with Crippen molar-refractivity contribution < 1.29 is 13.2 Å². The molecule has 7 heteroatoms. The van der Waals surface area contributed by atoms with E-state index in [2.05, 4.69) is 21.8 Å². The Morgan fingerprint density at radius 2 is 1.72 bits per heavy atom. The van der Waals surface area contributed by atoms with Gasteiger partial charge < -0.3 is 9.80 Å². The van der Waals surface area contributed by atoms with Crippen LogP contribution in [0.25, 0.3) is 0 Å². The molecule has 1 saturated heterocycles. The number of sulfonamides is 1. The first-order valence-electron chi connectivity index (χ1n) is 10.1. The summed E-state index contributed by atoms with van der Waals surface area (Å²) in [4.78, 5) is 16.6. The van der Waals surface area contributed by atoms with Gasteiger partial charge in [0.1, 0.15) is 0 Å². The fraction of sp³-hybridized carbons (Fsp3) is 0.409. The third-order valence-corrected chi connectivity index (χ3v) is 6.87. The summed E-state index contributed by atoms with van der Waals surface area (Å²) < 4.78 is 28.0. The Hall–Kier alpha value is -2.38. The molecule has 1 fully saturated rings. The van der Waals surface area contributed by atoms with E-state index >= 15 is 0 Å². The Morgan fingerprint density at radius 1 is 1.07 bits per heavy atom. The minimum Gasteiger partial charge on any atom is -0.371 e. The van der Waals surface area contributed by atoms with E-state index in [-0.39, 0.29) is 16.7 Å². The standard InChI is InChI=1S/C22H29N3O3S/c1-3-24(4-2)22(26)19-10-12-21(13-11-19)29(27,28)23-16-18-14-15-25(17-18)20-8-6-5-7-9-20/h5-13,18,23H,3-4,14-17H2,1-2H3. The van der Waals surface area contributed by atoms with Crippen molar-refractivity contribution in [2.45, 2.75) is 25.2 Å². The minimum atomic E-state index is -3.60. The molecule has 29 heavy (non-hydrogen) atoms. The summed E-state index contributed by atoms with van der Waals surface area (Å²) in [6.45, 7) is 7.27. The molecule has 0 aromatic heterocycles. The van der Waals surface area contributed by atoms with Gasteiger partial charge in [-0.05, 0) is 62.6 Å². The summed E-state index contributed by atoms with van der Waals surface area (Å²) in [5, 5.41) is 0. The molecule has 1 atom stereocenters. The first kappa shape index (κ1) is 21.3. The fourth-order valence-electron chi connectivity index (χ4n) is 3.65. The Balaban J connectivity index is 1.58. The normalized spacial score (nSPS) is 16.8. The number of nitrogens with one attached hydrogen (secondary N) is 1. The number of carbonyl (C=O) groups excluding carboxylic acids is 1. The zero-order valence-corrected chi connectivity index (χ0v) is 17.9. The molecule has 1 unspecified atom stereocenters. The van der Waals surface area contributed by atoms with Crippen LogP contribution in [0.4, 0.5) is 5.69 Å². The minimum absolute atomic E-state index is 0.0844. The fourth-order valence-corrected chi connectivity index (χ4v) is 4.77. The third-order valence-electron chi connectivity index (χ3n) is 5.43. The van der Waals surface area contributed by atoms with E-state index in [0.29, 0.717) is 25.2 Å². The third kappa shape index (κ3) is 5.16. The SMILES string of the molecule is CCN(CC)C(=O)c1ccc(S(=O)(=O)NCC2CCN(c3ccccc3)C2)cc1. The molecule has 1 amide bonds. The molecule has 0 bridgehead atoms. The highest BCUT2D eigenvalue weighted by Gasteiger charge is 2.25. The first-order valence-corrected chi connectivity index (χ1v) is 11.6. The lowest BCUT2D eigenvalue weighted by atomic mass is 10.1. The number of para-hydroxylation sites is 1. The van der Waals surface area contributed by atoms with Crippen molar-refractivity contribution in [3.63, 3.8) is 0 Å². The van der Waals surface area contributed by atoms with Crippen LogP contribution < -0.4 is 9.62 Å².